The number of aromatic nitrogens is 1. The molecular weight excluding hydrogens is 156 g/mol. The summed E-state index contributed by atoms with van der Waals surface area (Å²) < 4.78 is 6.18. The summed E-state index contributed by atoms with van der Waals surface area (Å²) in [5.41, 5.74) is 1.33. The molecule has 0 saturated heterocycles. The van der Waals surface area contributed by atoms with Crippen LogP contribution in [-0.4, -0.2) is 17.3 Å². The summed E-state index contributed by atoms with van der Waals surface area (Å²) in [7, 11) is 0. The molecule has 2 N–H and O–H groups in total. The van der Waals surface area contributed by atoms with Crippen LogP contribution in [0.2, 0.25) is 0 Å². The molecule has 0 aliphatic carbocycles. The molecule has 0 aliphatic heterocycles. The summed E-state index contributed by atoms with van der Waals surface area (Å²) in [4.78, 5) is 11.1. The molecule has 0 spiro atoms. The van der Waals surface area contributed by atoms with Crippen molar-refractivity contribution in [1.29, 1.82) is 0 Å². The molecule has 0 radical (unpaired) electrons. The number of carbonyl (C=O) groups excluding carboxylic acids is 1. The van der Waals surface area contributed by atoms with Gasteiger partial charge in [0.2, 0.25) is 0 Å². The van der Waals surface area contributed by atoms with E-state index in [2.05, 4.69) is 0 Å². The van der Waals surface area contributed by atoms with Crippen molar-refractivity contribution in [1.82, 2.24) is 4.68 Å². The minimum atomic E-state index is -0.329. The monoisotopic (exact) mass is 168 g/mol. The van der Waals surface area contributed by atoms with Gasteiger partial charge in [-0.1, -0.05) is 0 Å². The SMILES string of the molecule is CCOC(=O)c1cc(C)n(N)c1. The molecule has 4 nitrogen and oxygen atoms in total. The third-order valence-electron chi connectivity index (χ3n) is 1.56. The fourth-order valence-electron chi connectivity index (χ4n) is 0.915. The number of nitrogens with zero attached hydrogens (tertiary/aromatic N) is 1. The van der Waals surface area contributed by atoms with Gasteiger partial charge in [-0.2, -0.15) is 0 Å². The van der Waals surface area contributed by atoms with Crippen LogP contribution in [0.15, 0.2) is 12.3 Å². The van der Waals surface area contributed by atoms with Gasteiger partial charge < -0.3 is 10.6 Å². The second-order valence-electron chi connectivity index (χ2n) is 2.50. The van der Waals surface area contributed by atoms with Gasteiger partial charge in [0.1, 0.15) is 0 Å². The van der Waals surface area contributed by atoms with E-state index in [4.69, 9.17) is 10.6 Å². The third-order valence-corrected chi connectivity index (χ3v) is 1.56. The predicted molar refractivity (Wildman–Crippen MR) is 45.3 cm³/mol. The number of nitrogens with two attached hydrogens (primary N) is 1. The minimum absolute atomic E-state index is 0.329. The zero-order valence-electron chi connectivity index (χ0n) is 7.20. The standard InChI is InChI=1S/C8H12N2O2/c1-3-12-8(11)7-4-6(2)10(9)5-7/h4-5H,3,9H2,1-2H3. The van der Waals surface area contributed by atoms with E-state index in [0.29, 0.717) is 12.2 Å². The van der Waals surface area contributed by atoms with Gasteiger partial charge in [0.05, 0.1) is 12.2 Å². The summed E-state index contributed by atoms with van der Waals surface area (Å²) in [5, 5.41) is 0. The maximum atomic E-state index is 11.1. The lowest BCUT2D eigenvalue weighted by molar-refractivity contribution is 0.0526. The molecule has 1 aromatic heterocycles. The highest BCUT2D eigenvalue weighted by Crippen LogP contribution is 2.05. The number of rotatable bonds is 2. The number of carbonyl (C=O) groups is 1. The van der Waals surface area contributed by atoms with Crippen molar-refractivity contribution in [3.05, 3.63) is 23.5 Å². The average molecular weight is 168 g/mol. The van der Waals surface area contributed by atoms with Crippen molar-refractivity contribution in [2.45, 2.75) is 13.8 Å². The maximum absolute atomic E-state index is 11.1. The molecule has 0 fully saturated rings. The second kappa shape index (κ2) is 3.30. The summed E-state index contributed by atoms with van der Waals surface area (Å²) >= 11 is 0. The predicted octanol–water partition coefficient (Wildman–Crippen LogP) is 0.687. The summed E-state index contributed by atoms with van der Waals surface area (Å²) in [6.07, 6.45) is 1.55. The van der Waals surface area contributed by atoms with Gasteiger partial charge in [0.15, 0.2) is 0 Å². The van der Waals surface area contributed by atoms with E-state index in [0.717, 1.165) is 5.69 Å². The van der Waals surface area contributed by atoms with Crippen molar-refractivity contribution in [3.63, 3.8) is 0 Å². The van der Waals surface area contributed by atoms with E-state index < -0.39 is 0 Å². The van der Waals surface area contributed by atoms with Crippen molar-refractivity contribution < 1.29 is 9.53 Å². The first-order valence-corrected chi connectivity index (χ1v) is 3.76. The Labute approximate surface area is 70.9 Å². The first kappa shape index (κ1) is 8.64. The topological polar surface area (TPSA) is 57.2 Å². The van der Waals surface area contributed by atoms with Crippen LogP contribution in [0.4, 0.5) is 0 Å². The Morgan fingerprint density at radius 2 is 2.42 bits per heavy atom. The number of aryl methyl sites for hydroxylation is 1. The zero-order valence-corrected chi connectivity index (χ0v) is 7.20. The van der Waals surface area contributed by atoms with Gasteiger partial charge >= 0.3 is 5.97 Å². The Morgan fingerprint density at radius 3 is 2.83 bits per heavy atom. The minimum Gasteiger partial charge on any atom is -0.462 e. The maximum Gasteiger partial charge on any atom is 0.339 e. The number of nitrogen functional groups attached to an aromatic ring is 1. The van der Waals surface area contributed by atoms with Gasteiger partial charge in [-0.15, -0.1) is 0 Å². The smallest absolute Gasteiger partial charge is 0.339 e. The lowest BCUT2D eigenvalue weighted by Crippen LogP contribution is -2.08. The second-order valence-corrected chi connectivity index (χ2v) is 2.50. The summed E-state index contributed by atoms with van der Waals surface area (Å²) in [5.74, 6) is 5.15. The number of hydrogen-bond donors (Lipinski definition) is 1. The molecule has 0 aromatic carbocycles. The molecule has 1 aromatic rings. The summed E-state index contributed by atoms with van der Waals surface area (Å²) in [6, 6.07) is 1.69. The molecular formula is C8H12N2O2. The zero-order chi connectivity index (χ0) is 9.14. The number of hydrogen-bond acceptors (Lipinski definition) is 3. The van der Waals surface area contributed by atoms with Gasteiger partial charge in [0.25, 0.3) is 0 Å². The van der Waals surface area contributed by atoms with E-state index in [1.165, 1.54) is 4.68 Å². The van der Waals surface area contributed by atoms with Gasteiger partial charge in [-0.3, -0.25) is 4.68 Å². The molecule has 0 saturated carbocycles. The Bertz CT molecular complexity index is 272. The van der Waals surface area contributed by atoms with E-state index in [1.54, 1.807) is 19.2 Å². The van der Waals surface area contributed by atoms with E-state index in [9.17, 15) is 4.79 Å². The van der Waals surface area contributed by atoms with E-state index in [-0.39, 0.29) is 5.97 Å². The van der Waals surface area contributed by atoms with Crippen LogP contribution in [0.1, 0.15) is 23.0 Å². The molecule has 4 heteroatoms. The van der Waals surface area contributed by atoms with Crippen molar-refractivity contribution in [3.8, 4) is 0 Å². The molecule has 1 rings (SSSR count). The number of esters is 1. The van der Waals surface area contributed by atoms with Crippen LogP contribution in [0, 0.1) is 6.92 Å². The first-order valence-electron chi connectivity index (χ1n) is 3.76. The molecule has 12 heavy (non-hydrogen) atoms. The van der Waals surface area contributed by atoms with E-state index in [1.807, 2.05) is 6.92 Å². The van der Waals surface area contributed by atoms with E-state index >= 15 is 0 Å². The fraction of sp³-hybridized carbons (Fsp3) is 0.375. The van der Waals surface area contributed by atoms with Gasteiger partial charge in [-0.05, 0) is 19.9 Å². The lowest BCUT2D eigenvalue weighted by atomic mass is 10.3. The Hall–Kier alpha value is -1.45. The summed E-state index contributed by atoms with van der Waals surface area (Å²) in [6.45, 7) is 3.97. The molecule has 0 unspecified atom stereocenters. The lowest BCUT2D eigenvalue weighted by Gasteiger charge is -1.96. The normalized spacial score (nSPS) is 9.83. The van der Waals surface area contributed by atoms with Crippen LogP contribution in [0.25, 0.3) is 0 Å². The molecule has 66 valence electrons. The molecule has 0 aliphatic rings. The van der Waals surface area contributed by atoms with Gasteiger partial charge in [-0.25, -0.2) is 4.79 Å². The van der Waals surface area contributed by atoms with Crippen LogP contribution in [0.5, 0.6) is 0 Å². The van der Waals surface area contributed by atoms with Crippen molar-refractivity contribution in [2.75, 3.05) is 12.4 Å². The molecule has 0 amide bonds. The Balaban J connectivity index is 2.82. The van der Waals surface area contributed by atoms with Gasteiger partial charge in [0, 0.05) is 11.9 Å². The number of ether oxygens (including phenoxy) is 1. The van der Waals surface area contributed by atoms with Crippen LogP contribution in [0.3, 0.4) is 0 Å². The third kappa shape index (κ3) is 1.58. The highest BCUT2D eigenvalue weighted by atomic mass is 16.5. The average Bonchev–Trinajstić information content (AvgIpc) is 2.33. The van der Waals surface area contributed by atoms with Crippen LogP contribution < -0.4 is 5.84 Å². The largest absolute Gasteiger partial charge is 0.462 e. The quantitative estimate of drug-likeness (QED) is 0.522. The van der Waals surface area contributed by atoms with Crippen molar-refractivity contribution >= 4 is 5.97 Å². The van der Waals surface area contributed by atoms with Crippen LogP contribution in [-0.2, 0) is 4.74 Å². The first-order chi connectivity index (χ1) is 5.65. The highest BCUT2D eigenvalue weighted by molar-refractivity contribution is 5.89. The fourth-order valence-corrected chi connectivity index (χ4v) is 0.915. The van der Waals surface area contributed by atoms with Crippen LogP contribution >= 0.6 is 0 Å². The Morgan fingerprint density at radius 1 is 1.75 bits per heavy atom. The Kier molecular flexibility index (Phi) is 2.38. The molecule has 0 atom stereocenters. The highest BCUT2D eigenvalue weighted by Gasteiger charge is 2.08. The molecule has 1 heterocycles. The van der Waals surface area contributed by atoms with Crippen molar-refractivity contribution in [2.24, 2.45) is 0 Å². The molecule has 0 bridgehead atoms.